The Balaban J connectivity index is 1.54. The first kappa shape index (κ1) is 23.6. The molecule has 0 bridgehead atoms. The van der Waals surface area contributed by atoms with Crippen molar-refractivity contribution in [2.24, 2.45) is 5.92 Å². The van der Waals surface area contributed by atoms with E-state index in [1.54, 1.807) is 25.3 Å². The molecular weight excluding hydrogens is 404 g/mol. The number of para-hydroxylation sites is 1. The van der Waals surface area contributed by atoms with Gasteiger partial charge in [0.05, 0.1) is 19.8 Å². The summed E-state index contributed by atoms with van der Waals surface area (Å²) >= 11 is 0. The topological polar surface area (TPSA) is 67.9 Å². The van der Waals surface area contributed by atoms with Gasteiger partial charge in [0.15, 0.2) is 0 Å². The number of ether oxygens (including phenoxy) is 2. The molecule has 6 nitrogen and oxygen atoms in total. The molecule has 172 valence electrons. The molecular formula is C26H34N2O4. The lowest BCUT2D eigenvalue weighted by Crippen LogP contribution is -2.34. The van der Waals surface area contributed by atoms with Gasteiger partial charge in [-0.3, -0.25) is 9.59 Å². The Kier molecular flexibility index (Phi) is 8.96. The molecule has 0 spiro atoms. The fourth-order valence-electron chi connectivity index (χ4n) is 4.29. The third-order valence-electron chi connectivity index (χ3n) is 6.11. The summed E-state index contributed by atoms with van der Waals surface area (Å²) in [6, 6.07) is 14.9. The number of rotatable bonds is 11. The molecule has 0 atom stereocenters. The minimum absolute atomic E-state index is 0.159. The number of anilines is 1. The van der Waals surface area contributed by atoms with Gasteiger partial charge in [-0.2, -0.15) is 0 Å². The van der Waals surface area contributed by atoms with E-state index in [0.717, 1.165) is 12.1 Å². The van der Waals surface area contributed by atoms with Crippen LogP contribution < -0.4 is 19.7 Å². The monoisotopic (exact) mass is 438 g/mol. The number of amides is 2. The number of nitrogens with one attached hydrogen (secondary N) is 1. The van der Waals surface area contributed by atoms with Gasteiger partial charge in [-0.05, 0) is 43.0 Å². The Morgan fingerprint density at radius 3 is 2.47 bits per heavy atom. The van der Waals surface area contributed by atoms with Crippen molar-refractivity contribution < 1.29 is 19.1 Å². The average Bonchev–Trinajstić information content (AvgIpc) is 3.36. The van der Waals surface area contributed by atoms with Gasteiger partial charge in [0.1, 0.15) is 11.5 Å². The molecule has 1 saturated carbocycles. The molecule has 2 aromatic rings. The molecule has 1 aliphatic rings. The van der Waals surface area contributed by atoms with Crippen LogP contribution in [0.1, 0.15) is 55.3 Å². The Labute approximate surface area is 190 Å². The molecule has 1 fully saturated rings. The number of hydrogen-bond donors (Lipinski definition) is 1. The van der Waals surface area contributed by atoms with Gasteiger partial charge in [0.25, 0.3) is 5.91 Å². The van der Waals surface area contributed by atoms with Crippen LogP contribution in [0.5, 0.6) is 11.5 Å². The van der Waals surface area contributed by atoms with Gasteiger partial charge < -0.3 is 19.7 Å². The molecule has 0 unspecified atom stereocenters. The number of methoxy groups -OCH3 is 2. The summed E-state index contributed by atoms with van der Waals surface area (Å²) in [6.07, 6.45) is 7.29. The van der Waals surface area contributed by atoms with Gasteiger partial charge in [0.2, 0.25) is 5.91 Å². The second-order valence-corrected chi connectivity index (χ2v) is 8.25. The minimum Gasteiger partial charge on any atom is -0.497 e. The van der Waals surface area contributed by atoms with Gasteiger partial charge in [-0.15, -0.1) is 0 Å². The van der Waals surface area contributed by atoms with E-state index >= 15 is 0 Å². The van der Waals surface area contributed by atoms with Crippen LogP contribution in [0.25, 0.3) is 0 Å². The van der Waals surface area contributed by atoms with Crippen molar-refractivity contribution in [3.05, 3.63) is 54.1 Å². The molecule has 32 heavy (non-hydrogen) atoms. The minimum atomic E-state index is -0.205. The highest BCUT2D eigenvalue weighted by Gasteiger charge is 2.20. The Bertz CT molecular complexity index is 879. The highest BCUT2D eigenvalue weighted by Crippen LogP contribution is 2.29. The number of carbonyl (C=O) groups excluding carboxylic acids is 2. The molecule has 0 aromatic heterocycles. The maximum atomic E-state index is 13.0. The van der Waals surface area contributed by atoms with Crippen LogP contribution in [0.3, 0.4) is 0 Å². The van der Waals surface area contributed by atoms with Crippen molar-refractivity contribution in [1.82, 2.24) is 5.32 Å². The largest absolute Gasteiger partial charge is 0.497 e. The predicted molar refractivity (Wildman–Crippen MR) is 126 cm³/mol. The van der Waals surface area contributed by atoms with Crippen LogP contribution >= 0.6 is 0 Å². The SMILES string of the molecule is COc1ccc(C(=O)NCCCN(C(=O)CCC2CCCC2)c2ccccc2)c(OC)c1. The summed E-state index contributed by atoms with van der Waals surface area (Å²) in [7, 11) is 3.10. The lowest BCUT2D eigenvalue weighted by molar-refractivity contribution is -0.118. The second-order valence-electron chi connectivity index (χ2n) is 8.25. The van der Waals surface area contributed by atoms with E-state index in [4.69, 9.17) is 9.47 Å². The standard InChI is InChI=1S/C26H34N2O4/c1-31-22-14-15-23(24(19-22)32-2)26(30)27-17-8-18-28(21-11-4-3-5-12-21)25(29)16-13-20-9-6-7-10-20/h3-5,11-12,14-15,19-20H,6-10,13,16-18H2,1-2H3,(H,27,30). The highest BCUT2D eigenvalue weighted by atomic mass is 16.5. The third kappa shape index (κ3) is 6.49. The molecule has 2 amide bonds. The first-order chi connectivity index (χ1) is 15.6. The Morgan fingerprint density at radius 1 is 1.03 bits per heavy atom. The molecule has 3 rings (SSSR count). The van der Waals surface area contributed by atoms with E-state index < -0.39 is 0 Å². The Hall–Kier alpha value is -3.02. The Morgan fingerprint density at radius 2 is 1.78 bits per heavy atom. The van der Waals surface area contributed by atoms with E-state index in [2.05, 4.69) is 5.32 Å². The summed E-state index contributed by atoms with van der Waals surface area (Å²) in [5.74, 6) is 1.74. The van der Waals surface area contributed by atoms with Crippen molar-refractivity contribution in [3.63, 3.8) is 0 Å². The zero-order valence-electron chi connectivity index (χ0n) is 19.1. The fourth-order valence-corrected chi connectivity index (χ4v) is 4.29. The molecule has 0 aliphatic heterocycles. The van der Waals surface area contributed by atoms with Crippen LogP contribution in [-0.4, -0.2) is 39.1 Å². The first-order valence-electron chi connectivity index (χ1n) is 11.5. The lowest BCUT2D eigenvalue weighted by Gasteiger charge is -2.24. The van der Waals surface area contributed by atoms with Gasteiger partial charge in [-0.1, -0.05) is 43.9 Å². The zero-order chi connectivity index (χ0) is 22.8. The molecule has 0 radical (unpaired) electrons. The summed E-state index contributed by atoms with van der Waals surface area (Å²) < 4.78 is 10.5. The fraction of sp³-hybridized carbons (Fsp3) is 0.462. The second kappa shape index (κ2) is 12.1. The van der Waals surface area contributed by atoms with Crippen LogP contribution in [0.4, 0.5) is 5.69 Å². The van der Waals surface area contributed by atoms with E-state index in [9.17, 15) is 9.59 Å². The highest BCUT2D eigenvalue weighted by molar-refractivity contribution is 5.97. The summed E-state index contributed by atoms with van der Waals surface area (Å²) in [5.41, 5.74) is 1.37. The van der Waals surface area contributed by atoms with E-state index in [1.807, 2.05) is 35.2 Å². The van der Waals surface area contributed by atoms with Crippen molar-refractivity contribution in [2.75, 3.05) is 32.2 Å². The molecule has 0 heterocycles. The van der Waals surface area contributed by atoms with Gasteiger partial charge in [-0.25, -0.2) is 0 Å². The van der Waals surface area contributed by atoms with Crippen LogP contribution in [0.2, 0.25) is 0 Å². The summed E-state index contributed by atoms with van der Waals surface area (Å²) in [5, 5.41) is 2.94. The number of nitrogens with zero attached hydrogens (tertiary/aromatic N) is 1. The van der Waals surface area contributed by atoms with Crippen molar-refractivity contribution in [3.8, 4) is 11.5 Å². The van der Waals surface area contributed by atoms with E-state index in [-0.39, 0.29) is 11.8 Å². The molecule has 1 aliphatic carbocycles. The lowest BCUT2D eigenvalue weighted by atomic mass is 10.0. The molecule has 2 aromatic carbocycles. The average molecular weight is 439 g/mol. The predicted octanol–water partition coefficient (Wildman–Crippen LogP) is 4.83. The quantitative estimate of drug-likeness (QED) is 0.511. The third-order valence-corrected chi connectivity index (χ3v) is 6.11. The van der Waals surface area contributed by atoms with Crippen LogP contribution in [-0.2, 0) is 4.79 Å². The van der Waals surface area contributed by atoms with E-state index in [1.165, 1.54) is 32.8 Å². The van der Waals surface area contributed by atoms with Crippen LogP contribution in [0.15, 0.2) is 48.5 Å². The maximum absolute atomic E-state index is 13.0. The molecule has 6 heteroatoms. The van der Waals surface area contributed by atoms with Gasteiger partial charge in [0, 0.05) is 31.3 Å². The number of benzene rings is 2. The molecule has 1 N–H and O–H groups in total. The van der Waals surface area contributed by atoms with Crippen molar-refractivity contribution >= 4 is 17.5 Å². The summed E-state index contributed by atoms with van der Waals surface area (Å²) in [6.45, 7) is 1.03. The first-order valence-corrected chi connectivity index (χ1v) is 11.5. The van der Waals surface area contributed by atoms with E-state index in [0.29, 0.717) is 48.9 Å². The van der Waals surface area contributed by atoms with Crippen LogP contribution in [0, 0.1) is 5.92 Å². The molecule has 0 saturated heterocycles. The maximum Gasteiger partial charge on any atom is 0.255 e. The number of hydrogen-bond acceptors (Lipinski definition) is 4. The smallest absolute Gasteiger partial charge is 0.255 e. The number of carbonyl (C=O) groups is 2. The summed E-state index contributed by atoms with van der Waals surface area (Å²) in [4.78, 5) is 27.5. The van der Waals surface area contributed by atoms with Crippen molar-refractivity contribution in [1.29, 1.82) is 0 Å². The van der Waals surface area contributed by atoms with Crippen molar-refractivity contribution in [2.45, 2.75) is 44.9 Å². The normalized spacial score (nSPS) is 13.6. The van der Waals surface area contributed by atoms with Gasteiger partial charge >= 0.3 is 0 Å². The zero-order valence-corrected chi connectivity index (χ0v) is 19.1.